The molecule has 2 N–H and O–H groups in total. The van der Waals surface area contributed by atoms with Gasteiger partial charge in [-0.1, -0.05) is 63.7 Å². The lowest BCUT2D eigenvalue weighted by molar-refractivity contribution is -0.137. The maximum Gasteiger partial charge on any atom is 0.303 e. The number of hydrogen-bond acceptors (Lipinski definition) is 3. The Balaban J connectivity index is 2.29. The summed E-state index contributed by atoms with van der Waals surface area (Å²) in [5, 5.41) is 18.6. The van der Waals surface area contributed by atoms with Crippen molar-refractivity contribution in [3.05, 3.63) is 24.3 Å². The van der Waals surface area contributed by atoms with E-state index in [1.807, 2.05) is 18.2 Å². The van der Waals surface area contributed by atoms with Crippen molar-refractivity contribution in [2.75, 3.05) is 0 Å². The minimum Gasteiger partial charge on any atom is -0.481 e. The number of aliphatic hydroxyl groups excluding tert-OH is 1. The first kappa shape index (κ1) is 20.6. The van der Waals surface area contributed by atoms with Gasteiger partial charge in [-0.3, -0.25) is 9.59 Å². The summed E-state index contributed by atoms with van der Waals surface area (Å²) in [5.74, 6) is -0.482. The highest BCUT2D eigenvalue weighted by atomic mass is 16.4. The molecule has 136 valence electrons. The number of aliphatic carboxylic acids is 1. The number of carboxylic acid groups (broad SMARTS) is 1. The highest BCUT2D eigenvalue weighted by Gasteiger charge is 2.27. The number of hydrogen-bond donors (Lipinski definition) is 2. The predicted molar refractivity (Wildman–Crippen MR) is 95.8 cm³/mol. The minimum atomic E-state index is -0.743. The second-order valence-electron chi connectivity index (χ2n) is 6.74. The van der Waals surface area contributed by atoms with E-state index in [1.54, 1.807) is 6.08 Å². The van der Waals surface area contributed by atoms with Gasteiger partial charge in [-0.15, -0.1) is 0 Å². The highest BCUT2D eigenvalue weighted by Crippen LogP contribution is 2.29. The molecule has 0 radical (unpaired) electrons. The van der Waals surface area contributed by atoms with E-state index in [0.717, 1.165) is 51.4 Å². The van der Waals surface area contributed by atoms with Gasteiger partial charge in [-0.05, 0) is 25.3 Å². The van der Waals surface area contributed by atoms with Crippen LogP contribution in [0.25, 0.3) is 0 Å². The van der Waals surface area contributed by atoms with E-state index in [-0.39, 0.29) is 24.0 Å². The number of rotatable bonds is 13. The summed E-state index contributed by atoms with van der Waals surface area (Å²) in [7, 11) is 0. The van der Waals surface area contributed by atoms with Crippen LogP contribution in [0.15, 0.2) is 24.3 Å². The molecule has 24 heavy (non-hydrogen) atoms. The molecule has 0 heterocycles. The van der Waals surface area contributed by atoms with E-state index in [0.29, 0.717) is 6.42 Å². The summed E-state index contributed by atoms with van der Waals surface area (Å²) in [6, 6.07) is 0. The van der Waals surface area contributed by atoms with Crippen LogP contribution in [0.4, 0.5) is 0 Å². The Morgan fingerprint density at radius 2 is 1.96 bits per heavy atom. The third-order valence-corrected chi connectivity index (χ3v) is 4.63. The molecule has 0 bridgehead atoms. The van der Waals surface area contributed by atoms with Gasteiger partial charge in [0.15, 0.2) is 5.78 Å². The van der Waals surface area contributed by atoms with Crippen LogP contribution >= 0.6 is 0 Å². The van der Waals surface area contributed by atoms with Gasteiger partial charge in [-0.2, -0.15) is 0 Å². The van der Waals surface area contributed by atoms with Crippen LogP contribution in [0.2, 0.25) is 0 Å². The van der Waals surface area contributed by atoms with Crippen molar-refractivity contribution in [1.29, 1.82) is 0 Å². The predicted octanol–water partition coefficient (Wildman–Crippen LogP) is 4.28. The second-order valence-corrected chi connectivity index (χ2v) is 6.74. The van der Waals surface area contributed by atoms with Crippen LogP contribution in [0, 0.1) is 11.8 Å². The number of carbonyl (C=O) groups is 2. The standard InChI is InChI=1S/C20H32O4/c1-2-3-6-9-17(21)14-12-16-13-15-19(22)18(16)10-7-4-5-8-11-20(23)24/h12-18,21H,2-11H2,1H3,(H,23,24)/b14-12+/t16-,17?,18-/m0/s1. The normalized spacial score (nSPS) is 21.7. The Morgan fingerprint density at radius 3 is 2.67 bits per heavy atom. The number of carboxylic acids is 1. The van der Waals surface area contributed by atoms with E-state index in [4.69, 9.17) is 5.11 Å². The lowest BCUT2D eigenvalue weighted by Crippen LogP contribution is -2.15. The lowest BCUT2D eigenvalue weighted by atomic mass is 9.88. The van der Waals surface area contributed by atoms with Crippen molar-refractivity contribution in [3.63, 3.8) is 0 Å². The van der Waals surface area contributed by atoms with E-state index < -0.39 is 12.1 Å². The maximum absolute atomic E-state index is 12.0. The van der Waals surface area contributed by atoms with Crippen LogP contribution in [0.3, 0.4) is 0 Å². The molecule has 1 rings (SSSR count). The zero-order valence-corrected chi connectivity index (χ0v) is 14.8. The number of allylic oxidation sites excluding steroid dienone is 3. The topological polar surface area (TPSA) is 74.6 Å². The van der Waals surface area contributed by atoms with Crippen LogP contribution < -0.4 is 0 Å². The zero-order chi connectivity index (χ0) is 17.8. The van der Waals surface area contributed by atoms with Crippen molar-refractivity contribution in [2.45, 2.75) is 77.2 Å². The molecule has 0 aromatic rings. The molecule has 1 unspecified atom stereocenters. The Labute approximate surface area is 145 Å². The van der Waals surface area contributed by atoms with Crippen molar-refractivity contribution in [2.24, 2.45) is 11.8 Å². The summed E-state index contributed by atoms with van der Waals surface area (Å²) in [6.07, 6.45) is 15.7. The van der Waals surface area contributed by atoms with Gasteiger partial charge in [0, 0.05) is 18.3 Å². The molecule has 3 atom stereocenters. The lowest BCUT2D eigenvalue weighted by Gasteiger charge is -2.15. The molecular formula is C20H32O4. The fourth-order valence-electron chi connectivity index (χ4n) is 3.14. The SMILES string of the molecule is CCCCCC(O)/C=C/[C@H]1C=CC(=O)[C@H]1CCCCCCC(=O)O. The summed E-state index contributed by atoms with van der Waals surface area (Å²) in [5.41, 5.74) is 0. The third kappa shape index (κ3) is 8.44. The summed E-state index contributed by atoms with van der Waals surface area (Å²) in [4.78, 5) is 22.4. The highest BCUT2D eigenvalue weighted by molar-refractivity contribution is 5.94. The van der Waals surface area contributed by atoms with Gasteiger partial charge < -0.3 is 10.2 Å². The molecule has 0 aromatic carbocycles. The Kier molecular flexibility index (Phi) is 10.3. The number of unbranched alkanes of at least 4 members (excludes halogenated alkanes) is 5. The first-order valence-corrected chi connectivity index (χ1v) is 9.34. The van der Waals surface area contributed by atoms with E-state index in [9.17, 15) is 14.7 Å². The molecule has 1 aliphatic rings. The van der Waals surface area contributed by atoms with Crippen LogP contribution in [0.5, 0.6) is 0 Å². The van der Waals surface area contributed by atoms with Crippen molar-refractivity contribution in [1.82, 2.24) is 0 Å². The fourth-order valence-corrected chi connectivity index (χ4v) is 3.14. The van der Waals surface area contributed by atoms with E-state index in [2.05, 4.69) is 6.92 Å². The Hall–Kier alpha value is -1.42. The number of aliphatic hydroxyl groups is 1. The van der Waals surface area contributed by atoms with Crippen LogP contribution in [0.1, 0.15) is 71.1 Å². The fraction of sp³-hybridized carbons (Fsp3) is 0.700. The number of carbonyl (C=O) groups excluding carboxylic acids is 1. The molecule has 0 aromatic heterocycles. The number of ketones is 1. The first-order valence-electron chi connectivity index (χ1n) is 9.34. The molecule has 0 aliphatic heterocycles. The van der Waals surface area contributed by atoms with Gasteiger partial charge in [0.05, 0.1) is 6.10 Å². The molecule has 0 amide bonds. The smallest absolute Gasteiger partial charge is 0.303 e. The van der Waals surface area contributed by atoms with Crippen LogP contribution in [-0.4, -0.2) is 28.1 Å². The van der Waals surface area contributed by atoms with E-state index >= 15 is 0 Å². The van der Waals surface area contributed by atoms with Crippen LogP contribution in [-0.2, 0) is 9.59 Å². The summed E-state index contributed by atoms with van der Waals surface area (Å²) < 4.78 is 0. The average Bonchev–Trinajstić information content (AvgIpc) is 2.89. The van der Waals surface area contributed by atoms with Gasteiger partial charge in [0.1, 0.15) is 0 Å². The van der Waals surface area contributed by atoms with Crippen molar-refractivity contribution in [3.8, 4) is 0 Å². The van der Waals surface area contributed by atoms with Gasteiger partial charge >= 0.3 is 5.97 Å². The molecule has 4 nitrogen and oxygen atoms in total. The second kappa shape index (κ2) is 12.0. The van der Waals surface area contributed by atoms with Gasteiger partial charge in [-0.25, -0.2) is 0 Å². The largest absolute Gasteiger partial charge is 0.481 e. The molecule has 0 fully saturated rings. The van der Waals surface area contributed by atoms with Gasteiger partial charge in [0.2, 0.25) is 0 Å². The molecule has 0 spiro atoms. The Bertz CT molecular complexity index is 439. The van der Waals surface area contributed by atoms with Crippen molar-refractivity contribution >= 4 is 11.8 Å². The monoisotopic (exact) mass is 336 g/mol. The Morgan fingerprint density at radius 1 is 1.21 bits per heavy atom. The minimum absolute atomic E-state index is 0.0106. The molecule has 1 aliphatic carbocycles. The molecule has 4 heteroatoms. The van der Waals surface area contributed by atoms with E-state index in [1.165, 1.54) is 0 Å². The molecule has 0 saturated carbocycles. The zero-order valence-electron chi connectivity index (χ0n) is 14.8. The van der Waals surface area contributed by atoms with Crippen molar-refractivity contribution < 1.29 is 19.8 Å². The quantitative estimate of drug-likeness (QED) is 0.389. The molecular weight excluding hydrogens is 304 g/mol. The molecule has 0 saturated heterocycles. The first-order chi connectivity index (χ1) is 11.5. The summed E-state index contributed by atoms with van der Waals surface area (Å²) in [6.45, 7) is 2.14. The average molecular weight is 336 g/mol. The maximum atomic E-state index is 12.0. The van der Waals surface area contributed by atoms with Gasteiger partial charge in [0.25, 0.3) is 0 Å². The third-order valence-electron chi connectivity index (χ3n) is 4.63. The summed E-state index contributed by atoms with van der Waals surface area (Å²) >= 11 is 0.